The van der Waals surface area contributed by atoms with Gasteiger partial charge < -0.3 is 14.5 Å². The molecule has 2 aromatic heterocycles. The third-order valence-electron chi connectivity index (χ3n) is 7.89. The van der Waals surface area contributed by atoms with Crippen LogP contribution in [0.3, 0.4) is 0 Å². The Labute approximate surface area is 212 Å². The van der Waals surface area contributed by atoms with E-state index in [4.69, 9.17) is 0 Å². The average Bonchev–Trinajstić information content (AvgIpc) is 3.35. The molecule has 0 bridgehead atoms. The minimum absolute atomic E-state index is 0.0855. The Bertz CT molecular complexity index is 1550. The highest BCUT2D eigenvalue weighted by Crippen LogP contribution is 2.33. The van der Waals surface area contributed by atoms with Crippen molar-refractivity contribution in [3.63, 3.8) is 0 Å². The van der Waals surface area contributed by atoms with E-state index in [2.05, 4.69) is 89.7 Å². The van der Waals surface area contributed by atoms with Gasteiger partial charge in [-0.3, -0.25) is 4.79 Å². The van der Waals surface area contributed by atoms with Gasteiger partial charge in [0.2, 0.25) is 0 Å². The molecule has 0 spiro atoms. The van der Waals surface area contributed by atoms with Crippen molar-refractivity contribution in [2.45, 2.75) is 38.6 Å². The van der Waals surface area contributed by atoms with E-state index in [9.17, 15) is 4.79 Å². The first-order valence-electron chi connectivity index (χ1n) is 13.2. The number of benzene rings is 3. The second-order valence-electron chi connectivity index (χ2n) is 10.2. The highest BCUT2D eigenvalue weighted by Gasteiger charge is 2.22. The van der Waals surface area contributed by atoms with Gasteiger partial charge in [0.25, 0.3) is 5.56 Å². The Hall–Kier alpha value is -3.63. The van der Waals surface area contributed by atoms with Gasteiger partial charge in [-0.05, 0) is 80.6 Å². The highest BCUT2D eigenvalue weighted by molar-refractivity contribution is 5.94. The van der Waals surface area contributed by atoms with Crippen LogP contribution in [0.25, 0.3) is 32.9 Å². The number of likely N-dealkylation sites (tertiary alicyclic amines) is 1. The molecule has 4 heteroatoms. The molecule has 4 nitrogen and oxygen atoms in total. The van der Waals surface area contributed by atoms with Crippen molar-refractivity contribution in [1.29, 1.82) is 0 Å². The number of aryl methyl sites for hydroxylation is 2. The lowest BCUT2D eigenvalue weighted by atomic mass is 9.89. The van der Waals surface area contributed by atoms with Crippen LogP contribution >= 0.6 is 0 Å². The van der Waals surface area contributed by atoms with Gasteiger partial charge in [0.1, 0.15) is 0 Å². The van der Waals surface area contributed by atoms with Crippen molar-refractivity contribution in [3.8, 4) is 11.1 Å². The van der Waals surface area contributed by atoms with E-state index in [0.29, 0.717) is 5.92 Å². The van der Waals surface area contributed by atoms with E-state index < -0.39 is 0 Å². The Balaban J connectivity index is 1.13. The lowest BCUT2D eigenvalue weighted by Gasteiger charge is -2.32. The number of fused-ring (bicyclic) bond motifs is 2. The zero-order valence-electron chi connectivity index (χ0n) is 20.9. The smallest absolute Gasteiger partial charge is 0.251 e. The molecule has 5 aromatic rings. The van der Waals surface area contributed by atoms with E-state index in [1.807, 2.05) is 16.7 Å². The van der Waals surface area contributed by atoms with Gasteiger partial charge in [-0.25, -0.2) is 0 Å². The van der Waals surface area contributed by atoms with Crippen LogP contribution in [-0.2, 0) is 6.54 Å². The van der Waals surface area contributed by atoms with Gasteiger partial charge in [0.15, 0.2) is 0 Å². The van der Waals surface area contributed by atoms with E-state index in [-0.39, 0.29) is 5.56 Å². The molecule has 1 fully saturated rings. The largest absolute Gasteiger partial charge is 0.361 e. The maximum Gasteiger partial charge on any atom is 0.251 e. The molecule has 6 rings (SSSR count). The number of pyridine rings is 1. The molecule has 0 radical (unpaired) electrons. The monoisotopic (exact) mass is 475 g/mol. The maximum atomic E-state index is 13.2. The van der Waals surface area contributed by atoms with Gasteiger partial charge in [0.05, 0.1) is 5.52 Å². The zero-order chi connectivity index (χ0) is 24.5. The maximum absolute atomic E-state index is 13.2. The van der Waals surface area contributed by atoms with Gasteiger partial charge in [-0.1, -0.05) is 66.2 Å². The third kappa shape index (κ3) is 4.38. The molecule has 3 heterocycles. The van der Waals surface area contributed by atoms with Crippen LogP contribution in [0.4, 0.5) is 0 Å². The number of rotatable bonds is 6. The Kier molecular flexibility index (Phi) is 6.20. The molecule has 1 aliphatic heterocycles. The second-order valence-corrected chi connectivity index (χ2v) is 10.2. The summed E-state index contributed by atoms with van der Waals surface area (Å²) < 4.78 is 1.96. The van der Waals surface area contributed by atoms with Gasteiger partial charge >= 0.3 is 0 Å². The minimum Gasteiger partial charge on any atom is -0.361 e. The fourth-order valence-electron chi connectivity index (χ4n) is 5.89. The van der Waals surface area contributed by atoms with Crippen LogP contribution in [0, 0.1) is 6.92 Å². The van der Waals surface area contributed by atoms with E-state index in [1.54, 1.807) is 0 Å². The number of piperidine rings is 1. The first-order valence-corrected chi connectivity index (χ1v) is 13.2. The van der Waals surface area contributed by atoms with Gasteiger partial charge in [-0.2, -0.15) is 0 Å². The lowest BCUT2D eigenvalue weighted by Crippen LogP contribution is -2.34. The van der Waals surface area contributed by atoms with Crippen LogP contribution in [0.1, 0.15) is 36.3 Å². The highest BCUT2D eigenvalue weighted by atomic mass is 16.1. The first-order chi connectivity index (χ1) is 17.7. The third-order valence-corrected chi connectivity index (χ3v) is 7.89. The summed E-state index contributed by atoms with van der Waals surface area (Å²) in [5, 5.41) is 2.51. The van der Waals surface area contributed by atoms with E-state index >= 15 is 0 Å². The fraction of sp³-hybridized carbons (Fsp3) is 0.281. The summed E-state index contributed by atoms with van der Waals surface area (Å²) in [7, 11) is 0. The Morgan fingerprint density at radius 2 is 1.58 bits per heavy atom. The standard InChI is InChI=1S/C32H33N3O/c1-23-11-13-24(14-12-23)28-21-32(36)35(31-10-5-3-8-27(28)31)18-6-17-34-19-15-25(16-20-34)29-22-33-30-9-4-2-7-26(29)30/h2-5,7-14,21-22,25,33H,6,15-20H2,1H3. The summed E-state index contributed by atoms with van der Waals surface area (Å²) in [6.45, 7) is 6.10. The number of nitrogens with one attached hydrogen (secondary N) is 1. The molecule has 0 aliphatic carbocycles. The van der Waals surface area contributed by atoms with Crippen molar-refractivity contribution in [2.75, 3.05) is 19.6 Å². The summed E-state index contributed by atoms with van der Waals surface area (Å²) in [6.07, 6.45) is 5.57. The number of nitrogens with zero attached hydrogens (tertiary/aromatic N) is 2. The number of hydrogen-bond acceptors (Lipinski definition) is 2. The molecule has 0 amide bonds. The minimum atomic E-state index is 0.0855. The molecule has 0 unspecified atom stereocenters. The van der Waals surface area contributed by atoms with Gasteiger partial charge in [-0.15, -0.1) is 0 Å². The topological polar surface area (TPSA) is 41.0 Å². The van der Waals surface area contributed by atoms with Crippen LogP contribution in [-0.4, -0.2) is 34.1 Å². The molecule has 1 saturated heterocycles. The fourth-order valence-corrected chi connectivity index (χ4v) is 5.89. The van der Waals surface area contributed by atoms with Crippen molar-refractivity contribution < 1.29 is 0 Å². The number of H-pyrrole nitrogens is 1. The normalized spacial score (nSPS) is 15.1. The Morgan fingerprint density at radius 3 is 2.39 bits per heavy atom. The van der Waals surface area contributed by atoms with Crippen molar-refractivity contribution in [3.05, 3.63) is 107 Å². The SMILES string of the molecule is Cc1ccc(-c2cc(=O)n(CCCN3CCC(c4c[nH]c5ccccc45)CC3)c3ccccc23)cc1. The Morgan fingerprint density at radius 1 is 0.861 bits per heavy atom. The van der Waals surface area contributed by atoms with Crippen LogP contribution < -0.4 is 5.56 Å². The summed E-state index contributed by atoms with van der Waals surface area (Å²) in [5.41, 5.74) is 7.16. The summed E-state index contributed by atoms with van der Waals surface area (Å²) in [4.78, 5) is 19.2. The molecule has 0 saturated carbocycles. The van der Waals surface area contributed by atoms with Crippen molar-refractivity contribution in [2.24, 2.45) is 0 Å². The molecule has 0 atom stereocenters. The number of aromatic nitrogens is 2. The number of para-hydroxylation sites is 2. The second kappa shape index (κ2) is 9.79. The predicted octanol–water partition coefficient (Wildman–Crippen LogP) is 6.73. The predicted molar refractivity (Wildman–Crippen MR) is 150 cm³/mol. The molecule has 182 valence electrons. The molecular weight excluding hydrogens is 442 g/mol. The molecule has 1 N–H and O–H groups in total. The molecule has 3 aromatic carbocycles. The summed E-state index contributed by atoms with van der Waals surface area (Å²) in [6, 6.07) is 27.2. The van der Waals surface area contributed by atoms with Crippen molar-refractivity contribution >= 4 is 21.8 Å². The summed E-state index contributed by atoms with van der Waals surface area (Å²) in [5.74, 6) is 0.623. The van der Waals surface area contributed by atoms with E-state index in [0.717, 1.165) is 54.6 Å². The first kappa shape index (κ1) is 22.8. The molecule has 36 heavy (non-hydrogen) atoms. The number of aromatic amines is 1. The molecule has 1 aliphatic rings. The zero-order valence-corrected chi connectivity index (χ0v) is 20.9. The van der Waals surface area contributed by atoms with Crippen LogP contribution in [0.2, 0.25) is 0 Å². The average molecular weight is 476 g/mol. The van der Waals surface area contributed by atoms with Crippen LogP contribution in [0.15, 0.2) is 89.9 Å². The van der Waals surface area contributed by atoms with E-state index in [1.165, 1.54) is 34.9 Å². The molecular formula is C32H33N3O. The van der Waals surface area contributed by atoms with Crippen molar-refractivity contribution in [1.82, 2.24) is 14.5 Å². The number of hydrogen-bond donors (Lipinski definition) is 1. The van der Waals surface area contributed by atoms with Gasteiger partial charge in [0, 0.05) is 35.1 Å². The van der Waals surface area contributed by atoms with Crippen LogP contribution in [0.5, 0.6) is 0 Å². The summed E-state index contributed by atoms with van der Waals surface area (Å²) >= 11 is 0. The quantitative estimate of drug-likeness (QED) is 0.296. The lowest BCUT2D eigenvalue weighted by molar-refractivity contribution is 0.207.